The second-order valence-corrected chi connectivity index (χ2v) is 7.45. The van der Waals surface area contributed by atoms with Crippen molar-refractivity contribution < 1.29 is 19.1 Å². The molecule has 0 spiro atoms. The van der Waals surface area contributed by atoms with Crippen molar-refractivity contribution >= 4 is 40.8 Å². The highest BCUT2D eigenvalue weighted by molar-refractivity contribution is 6.31. The van der Waals surface area contributed by atoms with Crippen LogP contribution in [0.5, 0.6) is 0 Å². The maximum atomic E-state index is 12.3. The second-order valence-electron chi connectivity index (χ2n) is 7.05. The lowest BCUT2D eigenvalue weighted by atomic mass is 10.1. The highest BCUT2D eigenvalue weighted by Crippen LogP contribution is 2.29. The topological polar surface area (TPSA) is 75.7 Å². The van der Waals surface area contributed by atoms with Gasteiger partial charge in [-0.05, 0) is 48.7 Å². The van der Waals surface area contributed by atoms with E-state index in [1.807, 2.05) is 25.1 Å². The number of carbonyl (C=O) groups is 3. The van der Waals surface area contributed by atoms with Gasteiger partial charge in [-0.25, -0.2) is 0 Å². The van der Waals surface area contributed by atoms with E-state index >= 15 is 0 Å². The molecule has 2 aromatic carbocycles. The number of aryl methyl sites for hydroxylation is 2. The third kappa shape index (κ3) is 5.15. The molecule has 1 aliphatic heterocycles. The fraction of sp³-hybridized carbons (Fsp3) is 0.318. The molecule has 1 fully saturated rings. The Balaban J connectivity index is 1.52. The molecule has 1 saturated heterocycles. The number of amides is 2. The summed E-state index contributed by atoms with van der Waals surface area (Å²) in [6.45, 7) is 3.74. The average Bonchev–Trinajstić information content (AvgIpc) is 3.10. The smallest absolute Gasteiger partial charge is 0.311 e. The lowest BCUT2D eigenvalue weighted by Crippen LogP contribution is -2.28. The van der Waals surface area contributed by atoms with E-state index in [1.54, 1.807) is 24.3 Å². The van der Waals surface area contributed by atoms with Crippen LogP contribution in [-0.4, -0.2) is 30.9 Å². The highest BCUT2D eigenvalue weighted by Gasteiger charge is 2.36. The highest BCUT2D eigenvalue weighted by atomic mass is 35.5. The number of ether oxygens (including phenoxy) is 1. The summed E-state index contributed by atoms with van der Waals surface area (Å²) in [6, 6.07) is 12.8. The van der Waals surface area contributed by atoms with E-state index in [1.165, 1.54) is 10.5 Å². The lowest BCUT2D eigenvalue weighted by molar-refractivity contribution is -0.151. The van der Waals surface area contributed by atoms with Gasteiger partial charge in [0.1, 0.15) is 0 Å². The maximum Gasteiger partial charge on any atom is 0.311 e. The Hall–Kier alpha value is -2.86. The molecule has 0 bridgehead atoms. The SMILES string of the molecule is CCc1ccc(NC(=O)COC(=O)[C@@H]2CC(=O)N(c3ccc(C)c(Cl)c3)C2)cc1. The van der Waals surface area contributed by atoms with Crippen LogP contribution in [0, 0.1) is 12.8 Å². The van der Waals surface area contributed by atoms with Gasteiger partial charge >= 0.3 is 5.97 Å². The number of halogens is 1. The molecular formula is C22H23ClN2O4. The predicted molar refractivity (Wildman–Crippen MR) is 112 cm³/mol. The molecule has 0 aromatic heterocycles. The minimum Gasteiger partial charge on any atom is -0.455 e. The molecule has 0 radical (unpaired) electrons. The van der Waals surface area contributed by atoms with E-state index in [0.717, 1.165) is 12.0 Å². The van der Waals surface area contributed by atoms with E-state index < -0.39 is 24.4 Å². The molecule has 0 saturated carbocycles. The van der Waals surface area contributed by atoms with Crippen LogP contribution >= 0.6 is 11.6 Å². The zero-order valence-electron chi connectivity index (χ0n) is 16.4. The fourth-order valence-corrected chi connectivity index (χ4v) is 3.31. The fourth-order valence-electron chi connectivity index (χ4n) is 3.14. The van der Waals surface area contributed by atoms with Gasteiger partial charge in [0.15, 0.2) is 6.61 Å². The second kappa shape index (κ2) is 9.09. The van der Waals surface area contributed by atoms with E-state index in [0.29, 0.717) is 16.4 Å². The van der Waals surface area contributed by atoms with Crippen LogP contribution in [0.1, 0.15) is 24.5 Å². The molecule has 6 nitrogen and oxygen atoms in total. The molecule has 1 atom stereocenters. The minimum atomic E-state index is -0.612. The van der Waals surface area contributed by atoms with Gasteiger partial charge in [-0.2, -0.15) is 0 Å². The summed E-state index contributed by atoms with van der Waals surface area (Å²) < 4.78 is 5.12. The molecule has 2 amide bonds. The molecule has 3 rings (SSSR count). The summed E-state index contributed by atoms with van der Waals surface area (Å²) in [7, 11) is 0. The summed E-state index contributed by atoms with van der Waals surface area (Å²) in [5.74, 6) is -1.77. The van der Waals surface area contributed by atoms with E-state index in [9.17, 15) is 14.4 Å². The number of anilines is 2. The number of hydrogen-bond donors (Lipinski definition) is 1. The standard InChI is InChI=1S/C22H23ClN2O4/c1-3-15-5-7-17(8-6-15)24-20(26)13-29-22(28)16-10-21(27)25(12-16)18-9-4-14(2)19(23)11-18/h4-9,11,16H,3,10,12-13H2,1-2H3,(H,24,26)/t16-/m1/s1. The number of benzene rings is 2. The molecule has 1 aliphatic rings. The van der Waals surface area contributed by atoms with Gasteiger partial charge in [0.05, 0.1) is 5.92 Å². The molecule has 0 aliphatic carbocycles. The maximum absolute atomic E-state index is 12.3. The van der Waals surface area contributed by atoms with Crippen LogP contribution < -0.4 is 10.2 Å². The Kier molecular flexibility index (Phi) is 6.54. The summed E-state index contributed by atoms with van der Waals surface area (Å²) in [5, 5.41) is 3.25. The van der Waals surface area contributed by atoms with Crippen LogP contribution in [0.4, 0.5) is 11.4 Å². The largest absolute Gasteiger partial charge is 0.455 e. The van der Waals surface area contributed by atoms with Crippen molar-refractivity contribution in [2.75, 3.05) is 23.4 Å². The Morgan fingerprint density at radius 3 is 2.59 bits per heavy atom. The van der Waals surface area contributed by atoms with Gasteiger partial charge < -0.3 is 15.0 Å². The van der Waals surface area contributed by atoms with Crippen LogP contribution in [0.2, 0.25) is 5.02 Å². The van der Waals surface area contributed by atoms with Crippen molar-refractivity contribution in [1.82, 2.24) is 0 Å². The predicted octanol–water partition coefficient (Wildman–Crippen LogP) is 3.75. The van der Waals surface area contributed by atoms with Gasteiger partial charge in [-0.15, -0.1) is 0 Å². The molecule has 29 heavy (non-hydrogen) atoms. The summed E-state index contributed by atoms with van der Waals surface area (Å²) in [6.07, 6.45) is 0.961. The van der Waals surface area contributed by atoms with Crippen LogP contribution in [-0.2, 0) is 25.5 Å². The molecule has 1 heterocycles. The van der Waals surface area contributed by atoms with Crippen molar-refractivity contribution in [1.29, 1.82) is 0 Å². The number of nitrogens with zero attached hydrogens (tertiary/aromatic N) is 1. The van der Waals surface area contributed by atoms with Gasteiger partial charge in [-0.1, -0.05) is 36.7 Å². The van der Waals surface area contributed by atoms with Gasteiger partial charge in [0, 0.05) is 29.4 Å². The number of esters is 1. The number of hydrogen-bond acceptors (Lipinski definition) is 4. The number of rotatable bonds is 6. The van der Waals surface area contributed by atoms with Gasteiger partial charge in [0.25, 0.3) is 5.91 Å². The first kappa shape index (κ1) is 20.9. The van der Waals surface area contributed by atoms with Crippen LogP contribution in [0.3, 0.4) is 0 Å². The van der Waals surface area contributed by atoms with E-state index in [-0.39, 0.29) is 18.9 Å². The first-order valence-electron chi connectivity index (χ1n) is 9.49. The minimum absolute atomic E-state index is 0.0461. The number of carbonyl (C=O) groups excluding carboxylic acids is 3. The Morgan fingerprint density at radius 2 is 1.93 bits per heavy atom. The third-order valence-corrected chi connectivity index (χ3v) is 5.32. The summed E-state index contributed by atoms with van der Waals surface area (Å²) in [5.41, 5.74) is 3.36. The van der Waals surface area contributed by atoms with E-state index in [4.69, 9.17) is 16.3 Å². The van der Waals surface area contributed by atoms with Crippen molar-refractivity contribution in [3.8, 4) is 0 Å². The molecule has 1 N–H and O–H groups in total. The quantitative estimate of drug-likeness (QED) is 0.730. The number of nitrogens with one attached hydrogen (secondary N) is 1. The van der Waals surface area contributed by atoms with Crippen molar-refractivity contribution in [3.05, 3.63) is 58.6 Å². The molecule has 0 unspecified atom stereocenters. The van der Waals surface area contributed by atoms with Crippen molar-refractivity contribution in [2.45, 2.75) is 26.7 Å². The lowest BCUT2D eigenvalue weighted by Gasteiger charge is -2.17. The zero-order chi connectivity index (χ0) is 21.0. The summed E-state index contributed by atoms with van der Waals surface area (Å²) >= 11 is 6.13. The van der Waals surface area contributed by atoms with Crippen molar-refractivity contribution in [2.24, 2.45) is 5.92 Å². The first-order valence-corrected chi connectivity index (χ1v) is 9.87. The summed E-state index contributed by atoms with van der Waals surface area (Å²) in [4.78, 5) is 38.2. The molecule has 7 heteroatoms. The van der Waals surface area contributed by atoms with Crippen LogP contribution in [0.25, 0.3) is 0 Å². The van der Waals surface area contributed by atoms with E-state index in [2.05, 4.69) is 12.2 Å². The average molecular weight is 415 g/mol. The molecule has 152 valence electrons. The van der Waals surface area contributed by atoms with Gasteiger partial charge in [0.2, 0.25) is 5.91 Å². The monoisotopic (exact) mass is 414 g/mol. The van der Waals surface area contributed by atoms with Crippen molar-refractivity contribution in [3.63, 3.8) is 0 Å². The van der Waals surface area contributed by atoms with Crippen LogP contribution in [0.15, 0.2) is 42.5 Å². The Morgan fingerprint density at radius 1 is 1.21 bits per heavy atom. The molecular weight excluding hydrogens is 392 g/mol. The Bertz CT molecular complexity index is 927. The molecule has 2 aromatic rings. The third-order valence-electron chi connectivity index (χ3n) is 4.92. The normalized spacial score (nSPS) is 16.0. The zero-order valence-corrected chi connectivity index (χ0v) is 17.2. The Labute approximate surface area is 174 Å². The first-order chi connectivity index (χ1) is 13.9. The van der Waals surface area contributed by atoms with Gasteiger partial charge in [-0.3, -0.25) is 14.4 Å².